The Bertz CT molecular complexity index is 366. The first-order valence-electron chi connectivity index (χ1n) is 5.44. The molecule has 1 heterocycles. The van der Waals surface area contributed by atoms with E-state index >= 15 is 0 Å². The van der Waals surface area contributed by atoms with Gasteiger partial charge in [0.05, 0.1) is 4.47 Å². The van der Waals surface area contributed by atoms with Gasteiger partial charge in [0, 0.05) is 6.04 Å². The Morgan fingerprint density at radius 2 is 2.38 bits per heavy atom. The van der Waals surface area contributed by atoms with E-state index in [1.165, 1.54) is 18.2 Å². The molecule has 1 saturated heterocycles. The summed E-state index contributed by atoms with van der Waals surface area (Å²) < 4.78 is 13.9. The van der Waals surface area contributed by atoms with Crippen LogP contribution < -0.4 is 5.73 Å². The summed E-state index contributed by atoms with van der Waals surface area (Å²) in [6.45, 7) is 0. The highest BCUT2D eigenvalue weighted by Gasteiger charge is 2.23. The number of halogens is 2. The highest BCUT2D eigenvalue weighted by atomic mass is 79.9. The van der Waals surface area contributed by atoms with Crippen molar-refractivity contribution in [2.24, 2.45) is 11.7 Å². The van der Waals surface area contributed by atoms with Crippen molar-refractivity contribution in [3.63, 3.8) is 0 Å². The predicted octanol–water partition coefficient (Wildman–Crippen LogP) is 3.21. The van der Waals surface area contributed by atoms with Crippen molar-refractivity contribution in [3.05, 3.63) is 34.1 Å². The zero-order chi connectivity index (χ0) is 11.5. The Morgan fingerprint density at radius 1 is 1.56 bits per heavy atom. The molecule has 0 amide bonds. The number of hydrogen-bond donors (Lipinski definition) is 1. The predicted molar refractivity (Wildman–Crippen MR) is 71.2 cm³/mol. The molecule has 0 aromatic heterocycles. The van der Waals surface area contributed by atoms with Gasteiger partial charge in [0.2, 0.25) is 0 Å². The molecular formula is C12H15BrFNS. The van der Waals surface area contributed by atoms with Gasteiger partial charge < -0.3 is 5.73 Å². The Kier molecular flexibility index (Phi) is 4.27. The molecule has 2 unspecified atom stereocenters. The maximum atomic E-state index is 13.3. The molecule has 0 saturated carbocycles. The lowest BCUT2D eigenvalue weighted by molar-refractivity contribution is 0.461. The molecule has 0 bridgehead atoms. The molecule has 1 fully saturated rings. The summed E-state index contributed by atoms with van der Waals surface area (Å²) in [5.41, 5.74) is 7.15. The van der Waals surface area contributed by atoms with Crippen LogP contribution in [0.25, 0.3) is 0 Å². The van der Waals surface area contributed by atoms with Gasteiger partial charge in [-0.3, -0.25) is 0 Å². The van der Waals surface area contributed by atoms with Crippen LogP contribution in [0.1, 0.15) is 12.0 Å². The fourth-order valence-electron chi connectivity index (χ4n) is 2.02. The Labute approximate surface area is 108 Å². The van der Waals surface area contributed by atoms with E-state index in [2.05, 4.69) is 15.9 Å². The van der Waals surface area contributed by atoms with Gasteiger partial charge in [0.1, 0.15) is 5.82 Å². The Morgan fingerprint density at radius 3 is 3.06 bits per heavy atom. The lowest BCUT2D eigenvalue weighted by Crippen LogP contribution is -2.32. The summed E-state index contributed by atoms with van der Waals surface area (Å²) in [6.07, 6.45) is 1.95. The molecule has 16 heavy (non-hydrogen) atoms. The molecule has 2 N–H and O–H groups in total. The zero-order valence-corrected chi connectivity index (χ0v) is 11.4. The molecule has 1 nitrogen and oxygen atoms in total. The van der Waals surface area contributed by atoms with Gasteiger partial charge >= 0.3 is 0 Å². The van der Waals surface area contributed by atoms with E-state index in [0.717, 1.165) is 17.7 Å². The number of benzene rings is 1. The minimum absolute atomic E-state index is 0.146. The van der Waals surface area contributed by atoms with Crippen molar-refractivity contribution < 1.29 is 4.39 Å². The van der Waals surface area contributed by atoms with Crippen LogP contribution in [0.5, 0.6) is 0 Å². The van der Waals surface area contributed by atoms with Gasteiger partial charge in [-0.25, -0.2) is 4.39 Å². The van der Waals surface area contributed by atoms with Crippen molar-refractivity contribution >= 4 is 27.7 Å². The first-order valence-corrected chi connectivity index (χ1v) is 7.39. The first-order chi connectivity index (χ1) is 7.68. The monoisotopic (exact) mass is 303 g/mol. The van der Waals surface area contributed by atoms with Gasteiger partial charge in [-0.05, 0) is 57.8 Å². The van der Waals surface area contributed by atoms with Gasteiger partial charge in [-0.1, -0.05) is 12.1 Å². The number of thioether (sulfide) groups is 1. The second-order valence-electron chi connectivity index (χ2n) is 4.20. The number of hydrogen-bond acceptors (Lipinski definition) is 2. The molecule has 0 radical (unpaired) electrons. The summed E-state index contributed by atoms with van der Waals surface area (Å²) >= 11 is 5.24. The molecule has 1 aromatic rings. The standard InChI is InChI=1S/C12H15BrFNS/c13-12-8(2-1-3-10(12)14)6-11(15)9-4-5-16-7-9/h1-3,9,11H,4-7,15H2. The minimum Gasteiger partial charge on any atom is -0.327 e. The van der Waals surface area contributed by atoms with Crippen molar-refractivity contribution in [2.45, 2.75) is 18.9 Å². The topological polar surface area (TPSA) is 26.0 Å². The van der Waals surface area contributed by atoms with Crippen molar-refractivity contribution in [1.82, 2.24) is 0 Å². The smallest absolute Gasteiger partial charge is 0.137 e. The van der Waals surface area contributed by atoms with E-state index in [9.17, 15) is 4.39 Å². The van der Waals surface area contributed by atoms with Crippen LogP contribution in [0.2, 0.25) is 0 Å². The molecule has 4 heteroatoms. The Hall–Kier alpha value is -0.0600. The zero-order valence-electron chi connectivity index (χ0n) is 8.96. The van der Waals surface area contributed by atoms with E-state index < -0.39 is 0 Å². The lowest BCUT2D eigenvalue weighted by Gasteiger charge is -2.18. The maximum absolute atomic E-state index is 13.3. The van der Waals surface area contributed by atoms with Crippen molar-refractivity contribution in [1.29, 1.82) is 0 Å². The average molecular weight is 304 g/mol. The number of nitrogens with two attached hydrogens (primary N) is 1. The highest BCUT2D eigenvalue weighted by molar-refractivity contribution is 9.10. The van der Waals surface area contributed by atoms with E-state index in [1.807, 2.05) is 17.8 Å². The first kappa shape index (κ1) is 12.4. The summed E-state index contributed by atoms with van der Waals surface area (Å²) in [4.78, 5) is 0. The molecule has 1 aromatic carbocycles. The lowest BCUT2D eigenvalue weighted by atomic mass is 9.94. The molecule has 1 aliphatic heterocycles. The summed E-state index contributed by atoms with van der Waals surface area (Å²) in [7, 11) is 0. The van der Waals surface area contributed by atoms with Gasteiger partial charge in [0.15, 0.2) is 0 Å². The van der Waals surface area contributed by atoms with Gasteiger partial charge in [-0.2, -0.15) is 11.8 Å². The summed E-state index contributed by atoms with van der Waals surface area (Å²) in [5.74, 6) is 2.74. The second kappa shape index (κ2) is 5.52. The van der Waals surface area contributed by atoms with Crippen LogP contribution in [0, 0.1) is 11.7 Å². The van der Waals surface area contributed by atoms with E-state index in [-0.39, 0.29) is 11.9 Å². The van der Waals surface area contributed by atoms with Crippen molar-refractivity contribution in [3.8, 4) is 0 Å². The van der Waals surface area contributed by atoms with Gasteiger partial charge in [-0.15, -0.1) is 0 Å². The van der Waals surface area contributed by atoms with E-state index in [4.69, 9.17) is 5.73 Å². The molecular weight excluding hydrogens is 289 g/mol. The highest BCUT2D eigenvalue weighted by Crippen LogP contribution is 2.28. The van der Waals surface area contributed by atoms with Crippen LogP contribution in [-0.4, -0.2) is 17.5 Å². The summed E-state index contributed by atoms with van der Waals surface area (Å²) in [6, 6.07) is 5.29. The SMILES string of the molecule is NC(Cc1cccc(F)c1Br)C1CCSC1. The molecule has 1 aliphatic rings. The Balaban J connectivity index is 2.05. The fourth-order valence-corrected chi connectivity index (χ4v) is 3.80. The second-order valence-corrected chi connectivity index (χ2v) is 6.15. The number of rotatable bonds is 3. The van der Waals surface area contributed by atoms with Gasteiger partial charge in [0.25, 0.3) is 0 Å². The van der Waals surface area contributed by atoms with Crippen LogP contribution >= 0.6 is 27.7 Å². The van der Waals surface area contributed by atoms with Crippen LogP contribution in [0.3, 0.4) is 0 Å². The van der Waals surface area contributed by atoms with Crippen LogP contribution in [-0.2, 0) is 6.42 Å². The van der Waals surface area contributed by atoms with E-state index in [0.29, 0.717) is 10.4 Å². The fraction of sp³-hybridized carbons (Fsp3) is 0.500. The normalized spacial score (nSPS) is 22.3. The minimum atomic E-state index is -0.203. The molecule has 0 spiro atoms. The third-order valence-electron chi connectivity index (χ3n) is 3.06. The summed E-state index contributed by atoms with van der Waals surface area (Å²) in [5, 5.41) is 0. The average Bonchev–Trinajstić information content (AvgIpc) is 2.78. The maximum Gasteiger partial charge on any atom is 0.137 e. The molecule has 0 aliphatic carbocycles. The molecule has 2 atom stereocenters. The molecule has 88 valence electrons. The van der Waals surface area contributed by atoms with Crippen LogP contribution in [0.4, 0.5) is 4.39 Å². The van der Waals surface area contributed by atoms with Crippen molar-refractivity contribution in [2.75, 3.05) is 11.5 Å². The quantitative estimate of drug-likeness (QED) is 0.928. The van der Waals surface area contributed by atoms with Crippen LogP contribution in [0.15, 0.2) is 22.7 Å². The third kappa shape index (κ3) is 2.79. The largest absolute Gasteiger partial charge is 0.327 e. The third-order valence-corrected chi connectivity index (χ3v) is 5.13. The van der Waals surface area contributed by atoms with E-state index in [1.54, 1.807) is 6.07 Å². The molecule has 2 rings (SSSR count).